The van der Waals surface area contributed by atoms with Crippen LogP contribution in [0.15, 0.2) is 41.1 Å². The number of hydrogen-bond donors (Lipinski definition) is 1. The van der Waals surface area contributed by atoms with E-state index in [9.17, 15) is 5.11 Å². The van der Waals surface area contributed by atoms with Crippen molar-refractivity contribution in [3.8, 4) is 11.4 Å². The van der Waals surface area contributed by atoms with Crippen LogP contribution in [0.25, 0.3) is 22.3 Å². The van der Waals surface area contributed by atoms with Crippen LogP contribution in [0.5, 0.6) is 0 Å². The molecule has 2 aromatic heterocycles. The second kappa shape index (κ2) is 7.07. The first-order valence-electron chi connectivity index (χ1n) is 8.65. The number of rotatable bonds is 4. The summed E-state index contributed by atoms with van der Waals surface area (Å²) in [7, 11) is 0. The van der Waals surface area contributed by atoms with Gasteiger partial charge in [-0.3, -0.25) is 4.90 Å². The highest BCUT2D eigenvalue weighted by molar-refractivity contribution is 7.08. The molecule has 4 rings (SSSR count). The van der Waals surface area contributed by atoms with Gasteiger partial charge in [-0.15, -0.1) is 0 Å². The quantitative estimate of drug-likeness (QED) is 0.781. The number of aromatic nitrogens is 2. The lowest BCUT2D eigenvalue weighted by atomic mass is 10.2. The van der Waals surface area contributed by atoms with Crippen LogP contribution in [-0.2, 0) is 0 Å². The fourth-order valence-electron chi connectivity index (χ4n) is 3.34. The largest absolute Gasteiger partial charge is 0.392 e. The molecule has 130 valence electrons. The third kappa shape index (κ3) is 3.51. The summed E-state index contributed by atoms with van der Waals surface area (Å²) in [6.07, 6.45) is -0.281. The van der Waals surface area contributed by atoms with Crippen molar-refractivity contribution in [1.29, 1.82) is 0 Å². The van der Waals surface area contributed by atoms with Crippen LogP contribution in [-0.4, -0.2) is 58.8 Å². The molecule has 0 amide bonds. The van der Waals surface area contributed by atoms with Crippen molar-refractivity contribution in [3.63, 3.8) is 0 Å². The minimum atomic E-state index is -0.281. The molecule has 6 heteroatoms. The predicted octanol–water partition coefficient (Wildman–Crippen LogP) is 2.86. The fraction of sp³-hybridized carbons (Fsp3) is 0.368. The van der Waals surface area contributed by atoms with Crippen LogP contribution in [0.4, 0.5) is 5.82 Å². The lowest BCUT2D eigenvalue weighted by Crippen LogP contribution is -2.48. The number of nitrogens with zero attached hydrogens (tertiary/aromatic N) is 4. The zero-order chi connectivity index (χ0) is 17.2. The van der Waals surface area contributed by atoms with Crippen LogP contribution in [0.2, 0.25) is 0 Å². The predicted molar refractivity (Wildman–Crippen MR) is 103 cm³/mol. The Kier molecular flexibility index (Phi) is 4.65. The molecule has 0 radical (unpaired) electrons. The van der Waals surface area contributed by atoms with Gasteiger partial charge in [-0.25, -0.2) is 9.97 Å². The van der Waals surface area contributed by atoms with Gasteiger partial charge < -0.3 is 10.0 Å². The zero-order valence-corrected chi connectivity index (χ0v) is 15.1. The summed E-state index contributed by atoms with van der Waals surface area (Å²) in [6, 6.07) is 10.3. The first-order chi connectivity index (χ1) is 12.2. The molecule has 0 aliphatic carbocycles. The van der Waals surface area contributed by atoms with Crippen LogP contribution in [0.1, 0.15) is 6.92 Å². The number of anilines is 1. The van der Waals surface area contributed by atoms with Crippen molar-refractivity contribution in [3.05, 3.63) is 41.1 Å². The van der Waals surface area contributed by atoms with E-state index < -0.39 is 0 Å². The number of aliphatic hydroxyl groups excluding tert-OH is 1. The van der Waals surface area contributed by atoms with Crippen molar-refractivity contribution in [2.24, 2.45) is 0 Å². The monoisotopic (exact) mass is 354 g/mol. The lowest BCUT2D eigenvalue weighted by Gasteiger charge is -2.36. The van der Waals surface area contributed by atoms with Crippen molar-refractivity contribution in [1.82, 2.24) is 14.9 Å². The van der Waals surface area contributed by atoms with Crippen LogP contribution >= 0.6 is 11.3 Å². The lowest BCUT2D eigenvalue weighted by molar-refractivity contribution is 0.122. The topological polar surface area (TPSA) is 52.5 Å². The van der Waals surface area contributed by atoms with Crippen molar-refractivity contribution in [2.45, 2.75) is 13.0 Å². The second-order valence-electron chi connectivity index (χ2n) is 6.54. The molecule has 25 heavy (non-hydrogen) atoms. The summed E-state index contributed by atoms with van der Waals surface area (Å²) in [5.74, 6) is 1.81. The van der Waals surface area contributed by atoms with E-state index in [0.29, 0.717) is 0 Å². The Bertz CT molecular complexity index is 842. The van der Waals surface area contributed by atoms with E-state index >= 15 is 0 Å². The fourth-order valence-corrected chi connectivity index (χ4v) is 3.97. The van der Waals surface area contributed by atoms with Gasteiger partial charge in [0.05, 0.1) is 11.6 Å². The van der Waals surface area contributed by atoms with Gasteiger partial charge in [-0.1, -0.05) is 12.1 Å². The Hall–Kier alpha value is -2.02. The smallest absolute Gasteiger partial charge is 0.162 e. The molecule has 1 N–H and O–H groups in total. The molecule has 0 saturated carbocycles. The van der Waals surface area contributed by atoms with E-state index in [1.165, 1.54) is 0 Å². The molecule has 1 aliphatic heterocycles. The number of hydrogen-bond acceptors (Lipinski definition) is 6. The number of aliphatic hydroxyl groups is 1. The highest BCUT2D eigenvalue weighted by Gasteiger charge is 2.21. The Morgan fingerprint density at radius 1 is 1.12 bits per heavy atom. The molecule has 1 saturated heterocycles. The average Bonchev–Trinajstić information content (AvgIpc) is 3.16. The number of thiophene rings is 1. The molecule has 1 aliphatic rings. The average molecular weight is 354 g/mol. The number of para-hydroxylation sites is 1. The molecule has 0 unspecified atom stereocenters. The molecule has 0 bridgehead atoms. The Balaban J connectivity index is 1.67. The van der Waals surface area contributed by atoms with Gasteiger partial charge in [-0.05, 0) is 30.5 Å². The summed E-state index contributed by atoms with van der Waals surface area (Å²) in [5.41, 5.74) is 2.06. The molecule has 1 atom stereocenters. The number of piperazine rings is 1. The third-order valence-corrected chi connectivity index (χ3v) is 5.24. The standard InChI is InChI=1S/C19H22N4OS/c1-14(24)12-22-7-9-23(10-8-22)19-16-4-2-3-5-17(16)20-18(21-19)15-6-11-25-13-15/h2-6,11,13-14,24H,7-10,12H2,1H3/t14-/m1/s1. The van der Waals surface area contributed by atoms with Gasteiger partial charge in [0.2, 0.25) is 0 Å². The van der Waals surface area contributed by atoms with Gasteiger partial charge in [0, 0.05) is 49.1 Å². The summed E-state index contributed by atoms with van der Waals surface area (Å²) in [6.45, 7) is 6.29. The van der Waals surface area contributed by atoms with Gasteiger partial charge in [0.1, 0.15) is 5.82 Å². The summed E-state index contributed by atoms with van der Waals surface area (Å²) < 4.78 is 0. The van der Waals surface area contributed by atoms with E-state index in [4.69, 9.17) is 9.97 Å². The minimum Gasteiger partial charge on any atom is -0.392 e. The Labute approximate surface area is 151 Å². The van der Waals surface area contributed by atoms with Gasteiger partial charge in [-0.2, -0.15) is 11.3 Å². The molecule has 1 fully saturated rings. The van der Waals surface area contributed by atoms with E-state index in [1.54, 1.807) is 11.3 Å². The number of β-amino-alcohol motifs (C(OH)–C–C–N with tert-alkyl or cyclic N) is 1. The van der Waals surface area contributed by atoms with Crippen molar-refractivity contribution in [2.75, 3.05) is 37.6 Å². The summed E-state index contributed by atoms with van der Waals surface area (Å²) >= 11 is 1.66. The van der Waals surface area contributed by atoms with Crippen LogP contribution < -0.4 is 4.90 Å². The van der Waals surface area contributed by atoms with Gasteiger partial charge in [0.25, 0.3) is 0 Å². The highest BCUT2D eigenvalue weighted by Crippen LogP contribution is 2.29. The normalized spacial score (nSPS) is 17.1. The zero-order valence-electron chi connectivity index (χ0n) is 14.3. The maximum Gasteiger partial charge on any atom is 0.162 e. The Morgan fingerprint density at radius 3 is 2.64 bits per heavy atom. The van der Waals surface area contributed by atoms with Crippen molar-refractivity contribution >= 4 is 28.1 Å². The number of benzene rings is 1. The van der Waals surface area contributed by atoms with Crippen molar-refractivity contribution < 1.29 is 5.11 Å². The molecule has 3 heterocycles. The maximum atomic E-state index is 9.60. The molecule has 3 aromatic rings. The Morgan fingerprint density at radius 2 is 1.92 bits per heavy atom. The highest BCUT2D eigenvalue weighted by atomic mass is 32.1. The van der Waals surface area contributed by atoms with E-state index in [2.05, 4.69) is 38.8 Å². The third-order valence-electron chi connectivity index (χ3n) is 4.56. The molecule has 1 aromatic carbocycles. The van der Waals surface area contributed by atoms with Gasteiger partial charge in [0.15, 0.2) is 5.82 Å². The van der Waals surface area contributed by atoms with E-state index in [0.717, 1.165) is 60.8 Å². The summed E-state index contributed by atoms with van der Waals surface area (Å²) in [5, 5.41) is 14.8. The molecule has 0 spiro atoms. The van der Waals surface area contributed by atoms with Crippen LogP contribution in [0.3, 0.4) is 0 Å². The first kappa shape index (κ1) is 16.4. The maximum absolute atomic E-state index is 9.60. The molecular formula is C19H22N4OS. The SMILES string of the molecule is C[C@@H](O)CN1CCN(c2nc(-c3ccsc3)nc3ccccc23)CC1. The van der Waals surface area contributed by atoms with E-state index in [-0.39, 0.29) is 6.10 Å². The first-order valence-corrected chi connectivity index (χ1v) is 9.60. The van der Waals surface area contributed by atoms with E-state index in [1.807, 2.05) is 19.1 Å². The number of fused-ring (bicyclic) bond motifs is 1. The second-order valence-corrected chi connectivity index (χ2v) is 7.32. The van der Waals surface area contributed by atoms with Crippen LogP contribution in [0, 0.1) is 0 Å². The minimum absolute atomic E-state index is 0.281. The molecule has 5 nitrogen and oxygen atoms in total. The summed E-state index contributed by atoms with van der Waals surface area (Å²) in [4.78, 5) is 14.3. The van der Waals surface area contributed by atoms with Gasteiger partial charge >= 0.3 is 0 Å². The molecular weight excluding hydrogens is 332 g/mol.